The van der Waals surface area contributed by atoms with Crippen LogP contribution in [0.1, 0.15) is 16.8 Å². The van der Waals surface area contributed by atoms with E-state index in [0.29, 0.717) is 0 Å². The Morgan fingerprint density at radius 3 is 2.65 bits per heavy atom. The van der Waals surface area contributed by atoms with Crippen LogP contribution in [0.3, 0.4) is 0 Å². The summed E-state index contributed by atoms with van der Waals surface area (Å²) in [5, 5.41) is 4.13. The van der Waals surface area contributed by atoms with Gasteiger partial charge in [0.2, 0.25) is 0 Å². The molecule has 3 heteroatoms. The number of pyridine rings is 1. The number of benzene rings is 1. The van der Waals surface area contributed by atoms with Crippen molar-refractivity contribution < 1.29 is 0 Å². The lowest BCUT2D eigenvalue weighted by Crippen LogP contribution is -2.13. The molecular weight excluding hydrogens is 232 g/mol. The molecule has 0 aliphatic carbocycles. The largest absolute Gasteiger partial charge is 0.307 e. The third-order valence-corrected chi connectivity index (χ3v) is 2.92. The second-order valence-electron chi connectivity index (χ2n) is 4.02. The van der Waals surface area contributed by atoms with Crippen molar-refractivity contribution in [1.82, 2.24) is 10.3 Å². The SMILES string of the molecule is Cc1ccc(CNCc2ccccc2Cl)nc1. The van der Waals surface area contributed by atoms with E-state index in [9.17, 15) is 0 Å². The van der Waals surface area contributed by atoms with E-state index < -0.39 is 0 Å². The highest BCUT2D eigenvalue weighted by Crippen LogP contribution is 2.14. The second-order valence-corrected chi connectivity index (χ2v) is 4.43. The predicted molar refractivity (Wildman–Crippen MR) is 71.0 cm³/mol. The Morgan fingerprint density at radius 2 is 1.94 bits per heavy atom. The highest BCUT2D eigenvalue weighted by molar-refractivity contribution is 6.31. The Hall–Kier alpha value is -1.38. The van der Waals surface area contributed by atoms with E-state index in [1.165, 1.54) is 5.56 Å². The zero-order valence-corrected chi connectivity index (χ0v) is 10.5. The quantitative estimate of drug-likeness (QED) is 0.895. The van der Waals surface area contributed by atoms with Gasteiger partial charge < -0.3 is 5.32 Å². The van der Waals surface area contributed by atoms with Gasteiger partial charge in [-0.2, -0.15) is 0 Å². The molecule has 1 aromatic carbocycles. The summed E-state index contributed by atoms with van der Waals surface area (Å²) >= 11 is 6.07. The number of nitrogens with one attached hydrogen (secondary N) is 1. The van der Waals surface area contributed by atoms with Crippen LogP contribution < -0.4 is 5.32 Å². The monoisotopic (exact) mass is 246 g/mol. The van der Waals surface area contributed by atoms with Gasteiger partial charge in [-0.3, -0.25) is 4.98 Å². The summed E-state index contributed by atoms with van der Waals surface area (Å²) in [7, 11) is 0. The van der Waals surface area contributed by atoms with Gasteiger partial charge in [0.25, 0.3) is 0 Å². The first kappa shape index (κ1) is 12.1. The van der Waals surface area contributed by atoms with Crippen molar-refractivity contribution in [2.24, 2.45) is 0 Å². The van der Waals surface area contributed by atoms with Gasteiger partial charge in [0, 0.05) is 24.3 Å². The molecule has 2 rings (SSSR count). The molecule has 88 valence electrons. The van der Waals surface area contributed by atoms with E-state index in [4.69, 9.17) is 11.6 Å². The maximum Gasteiger partial charge on any atom is 0.0541 e. The molecule has 2 nitrogen and oxygen atoms in total. The van der Waals surface area contributed by atoms with E-state index >= 15 is 0 Å². The molecule has 1 heterocycles. The van der Waals surface area contributed by atoms with Gasteiger partial charge >= 0.3 is 0 Å². The molecule has 0 unspecified atom stereocenters. The highest BCUT2D eigenvalue weighted by atomic mass is 35.5. The predicted octanol–water partition coefficient (Wildman–Crippen LogP) is 3.33. The van der Waals surface area contributed by atoms with Crippen LogP contribution in [0.25, 0.3) is 0 Å². The van der Waals surface area contributed by atoms with Gasteiger partial charge in [0.1, 0.15) is 0 Å². The molecular formula is C14H15ClN2. The van der Waals surface area contributed by atoms with Gasteiger partial charge in [0.05, 0.1) is 5.69 Å². The van der Waals surface area contributed by atoms with Crippen molar-refractivity contribution in [3.05, 3.63) is 64.4 Å². The lowest BCUT2D eigenvalue weighted by Gasteiger charge is -2.06. The third kappa shape index (κ3) is 3.55. The molecule has 1 N–H and O–H groups in total. The Bertz CT molecular complexity index is 480. The number of hydrogen-bond acceptors (Lipinski definition) is 2. The van der Waals surface area contributed by atoms with Crippen molar-refractivity contribution in [2.75, 3.05) is 0 Å². The summed E-state index contributed by atoms with van der Waals surface area (Å²) < 4.78 is 0. The minimum Gasteiger partial charge on any atom is -0.307 e. The molecule has 0 spiro atoms. The summed E-state index contributed by atoms with van der Waals surface area (Å²) in [4.78, 5) is 4.34. The number of aryl methyl sites for hydroxylation is 1. The summed E-state index contributed by atoms with van der Waals surface area (Å²) in [6.07, 6.45) is 1.88. The van der Waals surface area contributed by atoms with E-state index in [1.807, 2.05) is 43.5 Å². The van der Waals surface area contributed by atoms with E-state index in [0.717, 1.165) is 29.4 Å². The first-order valence-corrected chi connectivity index (χ1v) is 5.99. The fraction of sp³-hybridized carbons (Fsp3) is 0.214. The number of nitrogens with zero attached hydrogens (tertiary/aromatic N) is 1. The number of rotatable bonds is 4. The molecule has 0 amide bonds. The second kappa shape index (κ2) is 5.80. The van der Waals surface area contributed by atoms with Gasteiger partial charge in [-0.1, -0.05) is 35.9 Å². The standard InChI is InChI=1S/C14H15ClN2/c1-11-6-7-13(17-8-11)10-16-9-12-4-2-3-5-14(12)15/h2-8,16H,9-10H2,1H3. The van der Waals surface area contributed by atoms with Crippen molar-refractivity contribution >= 4 is 11.6 Å². The highest BCUT2D eigenvalue weighted by Gasteiger charge is 1.98. The number of halogens is 1. The van der Waals surface area contributed by atoms with Gasteiger partial charge in [0.15, 0.2) is 0 Å². The van der Waals surface area contributed by atoms with Crippen LogP contribution in [0.5, 0.6) is 0 Å². The van der Waals surface area contributed by atoms with Crippen LogP contribution in [-0.4, -0.2) is 4.98 Å². The number of hydrogen-bond donors (Lipinski definition) is 1. The Kier molecular flexibility index (Phi) is 4.13. The summed E-state index contributed by atoms with van der Waals surface area (Å²) in [6.45, 7) is 3.55. The first-order valence-electron chi connectivity index (χ1n) is 5.61. The van der Waals surface area contributed by atoms with E-state index in [2.05, 4.69) is 16.4 Å². The molecule has 17 heavy (non-hydrogen) atoms. The summed E-state index contributed by atoms with van der Waals surface area (Å²) in [5.74, 6) is 0. The van der Waals surface area contributed by atoms with Crippen molar-refractivity contribution in [2.45, 2.75) is 20.0 Å². The Balaban J connectivity index is 1.88. The molecule has 1 aromatic heterocycles. The maximum atomic E-state index is 6.07. The topological polar surface area (TPSA) is 24.9 Å². The lowest BCUT2D eigenvalue weighted by atomic mass is 10.2. The van der Waals surface area contributed by atoms with Crippen molar-refractivity contribution in [1.29, 1.82) is 0 Å². The maximum absolute atomic E-state index is 6.07. The minimum absolute atomic E-state index is 0.755. The van der Waals surface area contributed by atoms with Crippen molar-refractivity contribution in [3.63, 3.8) is 0 Å². The molecule has 2 aromatic rings. The van der Waals surface area contributed by atoms with Crippen LogP contribution in [0.2, 0.25) is 5.02 Å². The lowest BCUT2D eigenvalue weighted by molar-refractivity contribution is 0.679. The van der Waals surface area contributed by atoms with E-state index in [1.54, 1.807) is 0 Å². The normalized spacial score (nSPS) is 10.5. The molecule has 0 saturated heterocycles. The smallest absolute Gasteiger partial charge is 0.0541 e. The first-order chi connectivity index (χ1) is 8.25. The van der Waals surface area contributed by atoms with Crippen molar-refractivity contribution in [3.8, 4) is 0 Å². The third-order valence-electron chi connectivity index (χ3n) is 2.55. The fourth-order valence-electron chi connectivity index (χ4n) is 1.57. The Morgan fingerprint density at radius 1 is 1.12 bits per heavy atom. The van der Waals surface area contributed by atoms with Gasteiger partial charge in [-0.05, 0) is 30.2 Å². The molecule has 0 saturated carbocycles. The zero-order chi connectivity index (χ0) is 12.1. The van der Waals surface area contributed by atoms with Gasteiger partial charge in [-0.25, -0.2) is 0 Å². The fourth-order valence-corrected chi connectivity index (χ4v) is 1.77. The van der Waals surface area contributed by atoms with Crippen LogP contribution in [0.4, 0.5) is 0 Å². The molecule has 0 radical (unpaired) electrons. The van der Waals surface area contributed by atoms with Crippen LogP contribution in [0, 0.1) is 6.92 Å². The van der Waals surface area contributed by atoms with Gasteiger partial charge in [-0.15, -0.1) is 0 Å². The molecule has 0 atom stereocenters. The molecule has 0 fully saturated rings. The molecule has 0 bridgehead atoms. The molecule has 0 aliphatic rings. The summed E-state index contributed by atoms with van der Waals surface area (Å²) in [6, 6.07) is 12.0. The number of aromatic nitrogens is 1. The average molecular weight is 247 g/mol. The van der Waals surface area contributed by atoms with Crippen LogP contribution >= 0.6 is 11.6 Å². The van der Waals surface area contributed by atoms with Crippen LogP contribution in [-0.2, 0) is 13.1 Å². The minimum atomic E-state index is 0.755. The zero-order valence-electron chi connectivity index (χ0n) is 9.78. The molecule has 0 aliphatic heterocycles. The Labute approximate surface area is 107 Å². The summed E-state index contributed by atoms with van der Waals surface area (Å²) in [5.41, 5.74) is 3.34. The average Bonchev–Trinajstić information content (AvgIpc) is 2.34. The van der Waals surface area contributed by atoms with Crippen LogP contribution in [0.15, 0.2) is 42.6 Å². The van der Waals surface area contributed by atoms with E-state index in [-0.39, 0.29) is 0 Å².